The molecule has 0 spiro atoms. The van der Waals surface area contributed by atoms with Crippen molar-refractivity contribution in [3.63, 3.8) is 0 Å². The minimum absolute atomic E-state index is 0.112. The zero-order valence-electron chi connectivity index (χ0n) is 14.2. The fourth-order valence-corrected chi connectivity index (χ4v) is 4.79. The molecule has 0 saturated heterocycles. The molecule has 2 heterocycles. The molecule has 0 radical (unpaired) electrons. The van der Waals surface area contributed by atoms with Gasteiger partial charge in [-0.2, -0.15) is 8.42 Å². The summed E-state index contributed by atoms with van der Waals surface area (Å²) in [5.41, 5.74) is 1.83. The second-order valence-corrected chi connectivity index (χ2v) is 8.60. The molecule has 0 bridgehead atoms. The van der Waals surface area contributed by atoms with E-state index in [1.54, 1.807) is 30.5 Å². The van der Waals surface area contributed by atoms with Gasteiger partial charge in [0.1, 0.15) is 11.3 Å². The summed E-state index contributed by atoms with van der Waals surface area (Å²) in [5, 5.41) is 2.37. The molecular formula is C20H14O5S2. The van der Waals surface area contributed by atoms with Crippen LogP contribution in [0.2, 0.25) is 0 Å². The van der Waals surface area contributed by atoms with E-state index in [4.69, 9.17) is 8.60 Å². The van der Waals surface area contributed by atoms with Crippen molar-refractivity contribution >= 4 is 32.4 Å². The normalized spacial score (nSPS) is 11.6. The topological polar surface area (TPSA) is 73.6 Å². The van der Waals surface area contributed by atoms with Crippen molar-refractivity contribution < 1.29 is 17.0 Å². The van der Waals surface area contributed by atoms with E-state index in [1.165, 1.54) is 12.1 Å². The van der Waals surface area contributed by atoms with Gasteiger partial charge in [0.25, 0.3) is 0 Å². The average molecular weight is 398 g/mol. The Morgan fingerprint density at radius 2 is 1.78 bits per heavy atom. The van der Waals surface area contributed by atoms with Crippen LogP contribution in [0, 0.1) is 6.92 Å². The van der Waals surface area contributed by atoms with Crippen molar-refractivity contribution in [2.45, 2.75) is 11.1 Å². The van der Waals surface area contributed by atoms with E-state index in [2.05, 4.69) is 0 Å². The van der Waals surface area contributed by atoms with Gasteiger partial charge in [-0.15, -0.1) is 11.3 Å². The molecule has 2 aromatic heterocycles. The molecule has 0 unspecified atom stereocenters. The Bertz CT molecular complexity index is 1270. The molecule has 5 nitrogen and oxygen atoms in total. The Hall–Kier alpha value is -2.90. The number of thiophene rings is 1. The maximum absolute atomic E-state index is 12.4. The quantitative estimate of drug-likeness (QED) is 0.371. The van der Waals surface area contributed by atoms with E-state index in [0.29, 0.717) is 16.5 Å². The molecule has 0 amide bonds. The first-order valence-electron chi connectivity index (χ1n) is 8.06. The van der Waals surface area contributed by atoms with Gasteiger partial charge in [0.15, 0.2) is 4.21 Å². The monoisotopic (exact) mass is 398 g/mol. The maximum Gasteiger partial charge on any atom is 0.348 e. The average Bonchev–Trinajstić information content (AvgIpc) is 3.20. The molecule has 27 heavy (non-hydrogen) atoms. The highest BCUT2D eigenvalue weighted by atomic mass is 32.3. The first-order valence-corrected chi connectivity index (χ1v) is 10.4. The summed E-state index contributed by atoms with van der Waals surface area (Å²) < 4.78 is 35.6. The lowest BCUT2D eigenvalue weighted by Gasteiger charge is -2.12. The first-order chi connectivity index (χ1) is 13.0. The Balaban J connectivity index is 1.87. The van der Waals surface area contributed by atoms with Crippen molar-refractivity contribution in [3.8, 4) is 16.9 Å². The smallest absolute Gasteiger partial charge is 0.348 e. The van der Waals surface area contributed by atoms with Crippen LogP contribution in [-0.4, -0.2) is 8.42 Å². The molecule has 136 valence electrons. The lowest BCUT2D eigenvalue weighted by atomic mass is 10.0. The Morgan fingerprint density at radius 3 is 2.48 bits per heavy atom. The van der Waals surface area contributed by atoms with E-state index >= 15 is 0 Å². The van der Waals surface area contributed by atoms with E-state index in [0.717, 1.165) is 22.5 Å². The lowest BCUT2D eigenvalue weighted by Crippen LogP contribution is -2.09. The Kier molecular flexibility index (Phi) is 4.33. The molecule has 0 aliphatic heterocycles. The molecule has 2 aromatic carbocycles. The Labute approximate surface area is 159 Å². The van der Waals surface area contributed by atoms with Crippen molar-refractivity contribution in [2.75, 3.05) is 0 Å². The second-order valence-electron chi connectivity index (χ2n) is 5.88. The van der Waals surface area contributed by atoms with Gasteiger partial charge < -0.3 is 8.60 Å². The molecule has 7 heteroatoms. The van der Waals surface area contributed by atoms with Gasteiger partial charge in [0, 0.05) is 17.0 Å². The highest BCUT2D eigenvalue weighted by Crippen LogP contribution is 2.34. The fraction of sp³-hybridized carbons (Fsp3) is 0.0500. The molecule has 0 fully saturated rings. The van der Waals surface area contributed by atoms with E-state index in [1.807, 2.05) is 30.3 Å². The third-order valence-corrected chi connectivity index (χ3v) is 6.73. The van der Waals surface area contributed by atoms with Crippen LogP contribution in [0.4, 0.5) is 0 Å². The van der Waals surface area contributed by atoms with Gasteiger partial charge >= 0.3 is 15.7 Å². The summed E-state index contributed by atoms with van der Waals surface area (Å²) in [6, 6.07) is 17.3. The van der Waals surface area contributed by atoms with Crippen LogP contribution < -0.4 is 9.81 Å². The van der Waals surface area contributed by atoms with Crippen LogP contribution in [0.25, 0.3) is 22.1 Å². The molecule has 4 aromatic rings. The third-order valence-electron chi connectivity index (χ3n) is 4.14. The number of hydrogen-bond acceptors (Lipinski definition) is 6. The molecule has 0 aliphatic rings. The minimum atomic E-state index is -3.93. The van der Waals surface area contributed by atoms with Gasteiger partial charge in [-0.3, -0.25) is 0 Å². The molecule has 0 atom stereocenters. The molecule has 0 N–H and O–H groups in total. The largest absolute Gasteiger partial charge is 0.422 e. The molecule has 0 aliphatic carbocycles. The predicted octanol–water partition coefficient (Wildman–Crippen LogP) is 4.60. The SMILES string of the molecule is Cc1c(OS(=O)(=O)c2cccs2)ccc2c(-c3ccccc3)cc(=O)oc12. The van der Waals surface area contributed by atoms with E-state index in [9.17, 15) is 13.2 Å². The van der Waals surface area contributed by atoms with Crippen molar-refractivity contribution in [2.24, 2.45) is 0 Å². The molecule has 0 saturated carbocycles. The van der Waals surface area contributed by atoms with Gasteiger partial charge in [-0.1, -0.05) is 36.4 Å². The number of aryl methyl sites for hydroxylation is 1. The summed E-state index contributed by atoms with van der Waals surface area (Å²) >= 11 is 1.07. The third kappa shape index (κ3) is 3.27. The number of hydrogen-bond donors (Lipinski definition) is 0. The van der Waals surface area contributed by atoms with Crippen LogP contribution >= 0.6 is 11.3 Å². The van der Waals surface area contributed by atoms with Crippen LogP contribution in [0.3, 0.4) is 0 Å². The summed E-state index contributed by atoms with van der Waals surface area (Å²) in [5.74, 6) is 0.129. The summed E-state index contributed by atoms with van der Waals surface area (Å²) in [6.45, 7) is 1.67. The van der Waals surface area contributed by atoms with Crippen molar-refractivity contribution in [1.82, 2.24) is 0 Å². The minimum Gasteiger partial charge on any atom is -0.422 e. The summed E-state index contributed by atoms with van der Waals surface area (Å²) in [7, 11) is -3.93. The number of benzene rings is 2. The van der Waals surface area contributed by atoms with E-state index < -0.39 is 15.7 Å². The predicted molar refractivity (Wildman–Crippen MR) is 105 cm³/mol. The standard InChI is InChI=1S/C20H14O5S2/c1-13-17(25-27(22,23)19-8-5-11-26-19)10-9-15-16(12-18(21)24-20(13)15)14-6-3-2-4-7-14/h2-12H,1H3. The van der Waals surface area contributed by atoms with Crippen LogP contribution in [0.15, 0.2) is 79.5 Å². The van der Waals surface area contributed by atoms with Gasteiger partial charge in [-0.25, -0.2) is 4.79 Å². The Morgan fingerprint density at radius 1 is 1.00 bits per heavy atom. The zero-order valence-corrected chi connectivity index (χ0v) is 15.8. The highest BCUT2D eigenvalue weighted by Gasteiger charge is 2.21. The number of rotatable bonds is 4. The first kappa shape index (κ1) is 17.5. The molecule has 4 rings (SSSR count). The number of fused-ring (bicyclic) bond motifs is 1. The van der Waals surface area contributed by atoms with Gasteiger partial charge in [-0.05, 0) is 41.6 Å². The lowest BCUT2D eigenvalue weighted by molar-refractivity contribution is 0.485. The second kappa shape index (κ2) is 6.68. The van der Waals surface area contributed by atoms with Crippen LogP contribution in [0.5, 0.6) is 5.75 Å². The van der Waals surface area contributed by atoms with Crippen molar-refractivity contribution in [3.05, 3.63) is 82.0 Å². The van der Waals surface area contributed by atoms with E-state index in [-0.39, 0.29) is 9.96 Å². The maximum atomic E-state index is 12.4. The molecular weight excluding hydrogens is 384 g/mol. The fourth-order valence-electron chi connectivity index (χ4n) is 2.85. The summed E-state index contributed by atoms with van der Waals surface area (Å²) in [4.78, 5) is 12.1. The summed E-state index contributed by atoms with van der Waals surface area (Å²) in [6.07, 6.45) is 0. The zero-order chi connectivity index (χ0) is 19.0. The van der Waals surface area contributed by atoms with Crippen LogP contribution in [0.1, 0.15) is 5.56 Å². The van der Waals surface area contributed by atoms with Gasteiger partial charge in [0.05, 0.1) is 0 Å². The highest BCUT2D eigenvalue weighted by molar-refractivity contribution is 7.89. The van der Waals surface area contributed by atoms with Crippen LogP contribution in [-0.2, 0) is 10.1 Å². The van der Waals surface area contributed by atoms with Gasteiger partial charge in [0.2, 0.25) is 0 Å². The van der Waals surface area contributed by atoms with Crippen molar-refractivity contribution in [1.29, 1.82) is 0 Å².